The summed E-state index contributed by atoms with van der Waals surface area (Å²) in [6.45, 7) is 0. The van der Waals surface area contributed by atoms with Crippen LogP contribution in [0.4, 0.5) is 0 Å². The third-order valence-corrected chi connectivity index (χ3v) is 3.62. The van der Waals surface area contributed by atoms with Gasteiger partial charge < -0.3 is 0 Å². The standard InChI is InChI=1S/C10H14/c1-2-7-4-5-8(3-1)10-6-9(7)10/h7-8H,1-6H2/t7-,8+. The van der Waals surface area contributed by atoms with E-state index in [0.29, 0.717) is 0 Å². The molecule has 1 saturated carbocycles. The second-order valence-electron chi connectivity index (χ2n) is 4.13. The highest BCUT2D eigenvalue weighted by atomic mass is 14.4. The molecule has 0 amide bonds. The molecule has 0 aliphatic heterocycles. The Labute approximate surface area is 62.3 Å². The first kappa shape index (κ1) is 5.40. The third-order valence-electron chi connectivity index (χ3n) is 3.62. The summed E-state index contributed by atoms with van der Waals surface area (Å²) >= 11 is 0. The van der Waals surface area contributed by atoms with Crippen LogP contribution in [0.5, 0.6) is 0 Å². The van der Waals surface area contributed by atoms with Crippen molar-refractivity contribution < 1.29 is 0 Å². The van der Waals surface area contributed by atoms with Gasteiger partial charge in [0.05, 0.1) is 0 Å². The molecule has 0 heterocycles. The van der Waals surface area contributed by atoms with Crippen LogP contribution in [0.25, 0.3) is 0 Å². The third kappa shape index (κ3) is 0.574. The van der Waals surface area contributed by atoms with E-state index in [-0.39, 0.29) is 0 Å². The summed E-state index contributed by atoms with van der Waals surface area (Å²) in [5.74, 6) is 2.13. The van der Waals surface area contributed by atoms with E-state index in [1.807, 2.05) is 11.1 Å². The molecule has 0 aromatic heterocycles. The van der Waals surface area contributed by atoms with E-state index in [1.165, 1.54) is 38.5 Å². The molecule has 4 aliphatic carbocycles. The molecule has 0 unspecified atom stereocenters. The summed E-state index contributed by atoms with van der Waals surface area (Å²) in [7, 11) is 0. The Bertz CT molecular complexity index is 176. The fourth-order valence-corrected chi connectivity index (χ4v) is 2.97. The molecular formula is C10H14. The van der Waals surface area contributed by atoms with Crippen LogP contribution >= 0.6 is 0 Å². The molecule has 4 aliphatic rings. The van der Waals surface area contributed by atoms with Crippen molar-refractivity contribution >= 4 is 0 Å². The van der Waals surface area contributed by atoms with Crippen molar-refractivity contribution in [1.29, 1.82) is 0 Å². The van der Waals surface area contributed by atoms with Gasteiger partial charge in [-0.2, -0.15) is 0 Å². The molecule has 10 heavy (non-hydrogen) atoms. The van der Waals surface area contributed by atoms with Crippen LogP contribution in [0.2, 0.25) is 0 Å². The Morgan fingerprint density at radius 1 is 0.800 bits per heavy atom. The van der Waals surface area contributed by atoms with Gasteiger partial charge in [-0.1, -0.05) is 17.6 Å². The molecule has 0 heteroatoms. The molecule has 0 spiro atoms. The second kappa shape index (κ2) is 1.66. The highest BCUT2D eigenvalue weighted by Crippen LogP contribution is 2.55. The molecule has 0 saturated heterocycles. The molecular weight excluding hydrogens is 120 g/mol. The normalized spacial score (nSPS) is 43.2. The molecule has 0 nitrogen and oxygen atoms in total. The van der Waals surface area contributed by atoms with E-state index in [2.05, 4.69) is 0 Å². The number of rotatable bonds is 0. The molecule has 0 aromatic rings. The first-order valence-electron chi connectivity index (χ1n) is 4.67. The molecule has 54 valence electrons. The van der Waals surface area contributed by atoms with Crippen molar-refractivity contribution in [3.8, 4) is 0 Å². The highest BCUT2D eigenvalue weighted by molar-refractivity contribution is 5.41. The minimum Gasteiger partial charge on any atom is -0.0632 e. The monoisotopic (exact) mass is 134 g/mol. The van der Waals surface area contributed by atoms with E-state index in [9.17, 15) is 0 Å². The zero-order valence-electron chi connectivity index (χ0n) is 6.40. The lowest BCUT2D eigenvalue weighted by Gasteiger charge is -2.14. The van der Waals surface area contributed by atoms with Crippen molar-refractivity contribution in [2.75, 3.05) is 0 Å². The molecule has 0 N–H and O–H groups in total. The first-order valence-corrected chi connectivity index (χ1v) is 4.67. The van der Waals surface area contributed by atoms with Crippen molar-refractivity contribution in [2.24, 2.45) is 11.8 Å². The molecule has 1 fully saturated rings. The summed E-state index contributed by atoms with van der Waals surface area (Å²) in [5.41, 5.74) is 3.79. The molecule has 2 bridgehead atoms. The Kier molecular flexibility index (Phi) is 0.898. The average Bonchev–Trinajstić information content (AvgIpc) is 2.72. The van der Waals surface area contributed by atoms with Crippen LogP contribution in [-0.2, 0) is 0 Å². The molecule has 4 rings (SSSR count). The van der Waals surface area contributed by atoms with Crippen LogP contribution in [0.3, 0.4) is 0 Å². The van der Waals surface area contributed by atoms with Gasteiger partial charge in [0.1, 0.15) is 0 Å². The maximum Gasteiger partial charge on any atom is -0.00971 e. The lowest BCUT2D eigenvalue weighted by Crippen LogP contribution is -2.01. The molecule has 0 radical (unpaired) electrons. The number of hydrogen-bond acceptors (Lipinski definition) is 0. The topological polar surface area (TPSA) is 0 Å². The summed E-state index contributed by atoms with van der Waals surface area (Å²) < 4.78 is 0. The van der Waals surface area contributed by atoms with Gasteiger partial charge in [-0.15, -0.1) is 0 Å². The zero-order chi connectivity index (χ0) is 6.55. The SMILES string of the molecule is C1C[C@@H]2CC[C@H](C1)C1=C2C1. The quantitative estimate of drug-likeness (QED) is 0.447. The van der Waals surface area contributed by atoms with E-state index < -0.39 is 0 Å². The highest BCUT2D eigenvalue weighted by Gasteiger charge is 2.40. The Hall–Kier alpha value is -0.260. The fraction of sp³-hybridized carbons (Fsp3) is 0.800. The summed E-state index contributed by atoms with van der Waals surface area (Å²) in [5, 5.41) is 0. The summed E-state index contributed by atoms with van der Waals surface area (Å²) in [6.07, 6.45) is 9.08. The average molecular weight is 134 g/mol. The Morgan fingerprint density at radius 2 is 1.40 bits per heavy atom. The van der Waals surface area contributed by atoms with Gasteiger partial charge in [-0.3, -0.25) is 0 Å². The van der Waals surface area contributed by atoms with Gasteiger partial charge in [0.25, 0.3) is 0 Å². The first-order chi connectivity index (χ1) is 4.95. The zero-order valence-corrected chi connectivity index (χ0v) is 6.40. The smallest absolute Gasteiger partial charge is 0.00971 e. The Balaban J connectivity index is 2.01. The van der Waals surface area contributed by atoms with E-state index in [1.54, 1.807) is 0 Å². The molecule has 2 atom stereocenters. The van der Waals surface area contributed by atoms with Gasteiger partial charge in [0, 0.05) is 0 Å². The van der Waals surface area contributed by atoms with Gasteiger partial charge in [0.15, 0.2) is 0 Å². The van der Waals surface area contributed by atoms with Crippen LogP contribution in [0.15, 0.2) is 11.1 Å². The lowest BCUT2D eigenvalue weighted by molar-refractivity contribution is 0.502. The minimum absolute atomic E-state index is 1.06. The van der Waals surface area contributed by atoms with Gasteiger partial charge in [-0.25, -0.2) is 0 Å². The number of fused-ring (bicyclic) bond motifs is 3. The predicted octanol–water partition coefficient (Wildman–Crippen LogP) is 2.90. The van der Waals surface area contributed by atoms with Crippen molar-refractivity contribution in [2.45, 2.75) is 38.5 Å². The van der Waals surface area contributed by atoms with Gasteiger partial charge in [-0.05, 0) is 43.9 Å². The van der Waals surface area contributed by atoms with Crippen LogP contribution in [0.1, 0.15) is 38.5 Å². The Morgan fingerprint density at radius 3 is 2.00 bits per heavy atom. The van der Waals surface area contributed by atoms with Gasteiger partial charge in [0.2, 0.25) is 0 Å². The van der Waals surface area contributed by atoms with Crippen molar-refractivity contribution in [1.82, 2.24) is 0 Å². The minimum atomic E-state index is 1.06. The number of hydrogen-bond donors (Lipinski definition) is 0. The van der Waals surface area contributed by atoms with E-state index in [4.69, 9.17) is 0 Å². The van der Waals surface area contributed by atoms with Crippen LogP contribution in [-0.4, -0.2) is 0 Å². The van der Waals surface area contributed by atoms with Crippen LogP contribution < -0.4 is 0 Å². The summed E-state index contributed by atoms with van der Waals surface area (Å²) in [6, 6.07) is 0. The second-order valence-corrected chi connectivity index (χ2v) is 4.13. The molecule has 0 aromatic carbocycles. The lowest BCUT2D eigenvalue weighted by atomic mass is 9.91. The van der Waals surface area contributed by atoms with E-state index in [0.717, 1.165) is 11.8 Å². The van der Waals surface area contributed by atoms with Crippen molar-refractivity contribution in [3.05, 3.63) is 11.1 Å². The predicted molar refractivity (Wildman–Crippen MR) is 41.7 cm³/mol. The van der Waals surface area contributed by atoms with Crippen molar-refractivity contribution in [3.63, 3.8) is 0 Å². The van der Waals surface area contributed by atoms with Gasteiger partial charge >= 0.3 is 0 Å². The van der Waals surface area contributed by atoms with E-state index >= 15 is 0 Å². The van der Waals surface area contributed by atoms with Crippen LogP contribution in [0, 0.1) is 11.8 Å². The maximum atomic E-state index is 1.90. The number of allylic oxidation sites excluding steroid dienone is 2. The largest absolute Gasteiger partial charge is 0.0632 e. The maximum absolute atomic E-state index is 1.90. The summed E-state index contributed by atoms with van der Waals surface area (Å²) in [4.78, 5) is 0. The fourth-order valence-electron chi connectivity index (χ4n) is 2.97.